The number of nitrogens with one attached hydrogen (secondary N) is 1. The Hall–Kier alpha value is -2.11. The normalized spacial score (nSPS) is 10.0. The molecule has 0 saturated carbocycles. The first-order chi connectivity index (χ1) is 9.06. The van der Waals surface area contributed by atoms with E-state index in [2.05, 4.69) is 12.2 Å². The fourth-order valence-corrected chi connectivity index (χ4v) is 1.63. The fourth-order valence-electron chi connectivity index (χ4n) is 1.63. The van der Waals surface area contributed by atoms with Crippen LogP contribution in [0.15, 0.2) is 18.2 Å². The average molecular weight is 266 g/mol. The van der Waals surface area contributed by atoms with Gasteiger partial charge in [0.2, 0.25) is 5.91 Å². The van der Waals surface area contributed by atoms with Crippen molar-refractivity contribution in [2.24, 2.45) is 0 Å². The Labute approximate surface area is 111 Å². The summed E-state index contributed by atoms with van der Waals surface area (Å²) < 4.78 is 5.51. The first-order valence-corrected chi connectivity index (χ1v) is 6.24. The molecule has 0 fully saturated rings. The van der Waals surface area contributed by atoms with Crippen molar-refractivity contribution in [3.05, 3.63) is 28.3 Å². The molecule has 1 N–H and O–H groups in total. The number of benzene rings is 1. The zero-order valence-corrected chi connectivity index (χ0v) is 11.1. The van der Waals surface area contributed by atoms with Crippen LogP contribution in [0.1, 0.15) is 33.1 Å². The number of anilines is 1. The molecule has 0 saturated heterocycles. The molecule has 0 aliphatic heterocycles. The fraction of sp³-hybridized carbons (Fsp3) is 0.462. The molecule has 0 unspecified atom stereocenters. The first kappa shape index (κ1) is 14.9. The van der Waals surface area contributed by atoms with Crippen LogP contribution < -0.4 is 10.1 Å². The molecule has 0 atom stereocenters. The van der Waals surface area contributed by atoms with Crippen LogP contribution in [0.3, 0.4) is 0 Å². The summed E-state index contributed by atoms with van der Waals surface area (Å²) in [6.45, 7) is 3.86. The van der Waals surface area contributed by atoms with Crippen molar-refractivity contribution in [1.29, 1.82) is 0 Å². The maximum absolute atomic E-state index is 11.1. The molecule has 0 aliphatic carbocycles. The molecule has 1 aromatic rings. The third-order valence-electron chi connectivity index (χ3n) is 2.51. The van der Waals surface area contributed by atoms with Crippen molar-refractivity contribution in [2.45, 2.75) is 33.1 Å². The van der Waals surface area contributed by atoms with E-state index in [0.29, 0.717) is 12.4 Å². The molecule has 6 nitrogen and oxygen atoms in total. The Balaban J connectivity index is 2.91. The minimum absolute atomic E-state index is 0.122. The topological polar surface area (TPSA) is 81.5 Å². The van der Waals surface area contributed by atoms with Crippen molar-refractivity contribution in [2.75, 3.05) is 11.9 Å². The molecule has 104 valence electrons. The minimum Gasteiger partial charge on any atom is -0.491 e. The molecule has 19 heavy (non-hydrogen) atoms. The molecular weight excluding hydrogens is 248 g/mol. The lowest BCUT2D eigenvalue weighted by atomic mass is 10.2. The predicted molar refractivity (Wildman–Crippen MR) is 72.4 cm³/mol. The molecule has 0 bridgehead atoms. The third-order valence-corrected chi connectivity index (χ3v) is 2.51. The SMILES string of the molecule is CCCCCOc1cccc([N+](=O)[O-])c1NC(C)=O. The maximum Gasteiger partial charge on any atom is 0.296 e. The second-order valence-electron chi connectivity index (χ2n) is 4.14. The lowest BCUT2D eigenvalue weighted by Gasteiger charge is -2.11. The van der Waals surface area contributed by atoms with E-state index in [1.165, 1.54) is 13.0 Å². The second-order valence-corrected chi connectivity index (χ2v) is 4.14. The number of hydrogen-bond donors (Lipinski definition) is 1. The van der Waals surface area contributed by atoms with E-state index in [0.717, 1.165) is 19.3 Å². The van der Waals surface area contributed by atoms with Crippen LogP contribution in [-0.2, 0) is 4.79 Å². The quantitative estimate of drug-likeness (QED) is 0.467. The Bertz CT molecular complexity index is 460. The van der Waals surface area contributed by atoms with Gasteiger partial charge in [0, 0.05) is 13.0 Å². The van der Waals surface area contributed by atoms with Gasteiger partial charge in [-0.05, 0) is 12.5 Å². The van der Waals surface area contributed by atoms with Crippen molar-refractivity contribution >= 4 is 17.3 Å². The van der Waals surface area contributed by atoms with E-state index in [1.54, 1.807) is 12.1 Å². The van der Waals surface area contributed by atoms with E-state index >= 15 is 0 Å². The maximum atomic E-state index is 11.1. The summed E-state index contributed by atoms with van der Waals surface area (Å²) in [7, 11) is 0. The molecule has 0 radical (unpaired) electrons. The number of carbonyl (C=O) groups is 1. The van der Waals surface area contributed by atoms with Gasteiger partial charge in [-0.3, -0.25) is 14.9 Å². The molecule has 0 aliphatic rings. The number of nitrogens with zero attached hydrogens (tertiary/aromatic N) is 1. The monoisotopic (exact) mass is 266 g/mol. The van der Waals surface area contributed by atoms with E-state index in [4.69, 9.17) is 4.74 Å². The van der Waals surface area contributed by atoms with Gasteiger partial charge >= 0.3 is 0 Å². The zero-order chi connectivity index (χ0) is 14.3. The Morgan fingerprint density at radius 1 is 1.42 bits per heavy atom. The van der Waals surface area contributed by atoms with Gasteiger partial charge in [0.25, 0.3) is 5.69 Å². The van der Waals surface area contributed by atoms with Gasteiger partial charge in [0.1, 0.15) is 5.75 Å². The number of nitro benzene ring substituents is 1. The summed E-state index contributed by atoms with van der Waals surface area (Å²) in [6.07, 6.45) is 2.97. The zero-order valence-electron chi connectivity index (χ0n) is 11.1. The van der Waals surface area contributed by atoms with Crippen molar-refractivity contribution < 1.29 is 14.5 Å². The van der Waals surface area contributed by atoms with Crippen LogP contribution in [0, 0.1) is 10.1 Å². The van der Waals surface area contributed by atoms with Crippen molar-refractivity contribution in [3.8, 4) is 5.75 Å². The molecule has 0 aromatic heterocycles. The summed E-state index contributed by atoms with van der Waals surface area (Å²) >= 11 is 0. The van der Waals surface area contributed by atoms with Gasteiger partial charge in [0.05, 0.1) is 11.5 Å². The van der Waals surface area contributed by atoms with Crippen LogP contribution >= 0.6 is 0 Å². The summed E-state index contributed by atoms with van der Waals surface area (Å²) in [5, 5.41) is 13.4. The number of para-hydroxylation sites is 1. The first-order valence-electron chi connectivity index (χ1n) is 6.24. The van der Waals surface area contributed by atoms with E-state index in [1.807, 2.05) is 0 Å². The number of amides is 1. The van der Waals surface area contributed by atoms with Gasteiger partial charge in [-0.15, -0.1) is 0 Å². The van der Waals surface area contributed by atoms with Gasteiger partial charge in [-0.25, -0.2) is 0 Å². The summed E-state index contributed by atoms with van der Waals surface area (Å²) in [4.78, 5) is 21.5. The molecule has 1 aromatic carbocycles. The highest BCUT2D eigenvalue weighted by atomic mass is 16.6. The van der Waals surface area contributed by atoms with Crippen LogP contribution in [0.4, 0.5) is 11.4 Å². The number of carbonyl (C=O) groups excluding carboxylic acids is 1. The highest BCUT2D eigenvalue weighted by Crippen LogP contribution is 2.34. The van der Waals surface area contributed by atoms with Crippen LogP contribution in [0.25, 0.3) is 0 Å². The highest BCUT2D eigenvalue weighted by molar-refractivity contribution is 5.93. The van der Waals surface area contributed by atoms with Gasteiger partial charge in [0.15, 0.2) is 5.69 Å². The minimum atomic E-state index is -0.538. The summed E-state index contributed by atoms with van der Waals surface area (Å²) in [5.41, 5.74) is -0.0420. The second kappa shape index (κ2) is 7.35. The average Bonchev–Trinajstić information content (AvgIpc) is 2.35. The number of ether oxygens (including phenoxy) is 1. The third kappa shape index (κ3) is 4.57. The predicted octanol–water partition coefficient (Wildman–Crippen LogP) is 3.12. The van der Waals surface area contributed by atoms with Crippen molar-refractivity contribution in [3.63, 3.8) is 0 Å². The Kier molecular flexibility index (Phi) is 5.78. The summed E-state index contributed by atoms with van der Waals surface area (Å²) in [6, 6.07) is 4.49. The largest absolute Gasteiger partial charge is 0.491 e. The molecule has 0 spiro atoms. The number of rotatable bonds is 7. The van der Waals surface area contributed by atoms with Crippen LogP contribution in [0.2, 0.25) is 0 Å². The number of hydrogen-bond acceptors (Lipinski definition) is 4. The lowest BCUT2D eigenvalue weighted by molar-refractivity contribution is -0.384. The standard InChI is InChI=1S/C13H18N2O4/c1-3-4-5-9-19-12-8-6-7-11(15(17)18)13(12)14-10(2)16/h6-8H,3-5,9H2,1-2H3,(H,14,16). The van der Waals surface area contributed by atoms with E-state index in [9.17, 15) is 14.9 Å². The summed E-state index contributed by atoms with van der Waals surface area (Å²) in [5.74, 6) is -0.0341. The number of unbranched alkanes of at least 4 members (excludes halogenated alkanes) is 2. The molecule has 1 rings (SSSR count). The van der Waals surface area contributed by atoms with Gasteiger partial charge < -0.3 is 10.1 Å². The van der Waals surface area contributed by atoms with Gasteiger partial charge in [-0.1, -0.05) is 25.8 Å². The smallest absolute Gasteiger partial charge is 0.296 e. The highest BCUT2D eigenvalue weighted by Gasteiger charge is 2.19. The molecule has 6 heteroatoms. The van der Waals surface area contributed by atoms with E-state index < -0.39 is 4.92 Å². The molecule has 1 amide bonds. The molecule has 0 heterocycles. The van der Waals surface area contributed by atoms with Crippen LogP contribution in [0.5, 0.6) is 5.75 Å². The lowest BCUT2D eigenvalue weighted by Crippen LogP contribution is -2.10. The number of nitro groups is 1. The molecular formula is C13H18N2O4. The van der Waals surface area contributed by atoms with Gasteiger partial charge in [-0.2, -0.15) is 0 Å². The van der Waals surface area contributed by atoms with Crippen molar-refractivity contribution in [1.82, 2.24) is 0 Å². The van der Waals surface area contributed by atoms with E-state index in [-0.39, 0.29) is 17.3 Å². The Morgan fingerprint density at radius 3 is 2.74 bits per heavy atom. The van der Waals surface area contributed by atoms with Crippen LogP contribution in [-0.4, -0.2) is 17.4 Å². The Morgan fingerprint density at radius 2 is 2.16 bits per heavy atom.